The molecule has 0 radical (unpaired) electrons. The molecule has 0 fully saturated rings. The molecule has 0 spiro atoms. The number of carboxylic acids is 1. The van der Waals surface area contributed by atoms with Crippen molar-refractivity contribution < 1.29 is 14.6 Å². The van der Waals surface area contributed by atoms with E-state index in [9.17, 15) is 4.79 Å². The van der Waals surface area contributed by atoms with Crippen molar-refractivity contribution in [2.45, 2.75) is 39.0 Å². The molecule has 0 saturated carbocycles. The molecule has 22 heavy (non-hydrogen) atoms. The Balaban J connectivity index is 2.24. The maximum atomic E-state index is 10.9. The lowest BCUT2D eigenvalue weighted by atomic mass is 9.86. The van der Waals surface area contributed by atoms with Gasteiger partial charge in [-0.1, -0.05) is 26.0 Å². The number of thiazole rings is 1. The number of rotatable bonds is 6. The summed E-state index contributed by atoms with van der Waals surface area (Å²) in [5, 5.41) is 9.94. The first-order chi connectivity index (χ1) is 10.3. The summed E-state index contributed by atoms with van der Waals surface area (Å²) in [6, 6.07) is 8.01. The van der Waals surface area contributed by atoms with E-state index in [0.717, 1.165) is 27.7 Å². The summed E-state index contributed by atoms with van der Waals surface area (Å²) in [6.07, 6.45) is 0.863. The summed E-state index contributed by atoms with van der Waals surface area (Å²) in [5.41, 5.74) is 1.84. The number of aromatic nitrogens is 1. The van der Waals surface area contributed by atoms with E-state index in [-0.39, 0.29) is 11.8 Å². The summed E-state index contributed by atoms with van der Waals surface area (Å²) >= 11 is 1.50. The third-order valence-electron chi connectivity index (χ3n) is 3.56. The van der Waals surface area contributed by atoms with E-state index in [0.29, 0.717) is 0 Å². The average molecular weight is 319 g/mol. The summed E-state index contributed by atoms with van der Waals surface area (Å²) in [5.74, 6) is 0.0269. The molecular formula is C17H21NO3S. The van der Waals surface area contributed by atoms with Gasteiger partial charge in [0.25, 0.3) is 0 Å². The van der Waals surface area contributed by atoms with Gasteiger partial charge in [-0.3, -0.25) is 4.79 Å². The minimum atomic E-state index is -0.816. The molecule has 1 heterocycles. The number of hydrogen-bond donors (Lipinski definition) is 1. The molecule has 2 aromatic rings. The Kier molecular flexibility index (Phi) is 4.86. The lowest BCUT2D eigenvalue weighted by Gasteiger charge is -2.22. The molecule has 0 bridgehead atoms. The van der Waals surface area contributed by atoms with Gasteiger partial charge in [0.2, 0.25) is 0 Å². The van der Waals surface area contributed by atoms with Crippen LogP contribution in [-0.4, -0.2) is 23.2 Å². The van der Waals surface area contributed by atoms with Crippen molar-refractivity contribution in [1.82, 2.24) is 4.98 Å². The summed E-state index contributed by atoms with van der Waals surface area (Å²) < 4.78 is 5.26. The van der Waals surface area contributed by atoms with Crippen LogP contribution >= 0.6 is 11.3 Å². The zero-order valence-electron chi connectivity index (χ0n) is 13.3. The van der Waals surface area contributed by atoms with Crippen LogP contribution in [0.5, 0.6) is 5.75 Å². The van der Waals surface area contributed by atoms with Crippen molar-refractivity contribution in [2.24, 2.45) is 0 Å². The van der Waals surface area contributed by atoms with Gasteiger partial charge in [0, 0.05) is 10.3 Å². The molecule has 0 amide bonds. The molecule has 0 aliphatic rings. The normalized spacial score (nSPS) is 11.5. The molecule has 0 aliphatic heterocycles. The van der Waals surface area contributed by atoms with E-state index in [1.54, 1.807) is 7.11 Å². The van der Waals surface area contributed by atoms with E-state index in [2.05, 4.69) is 24.9 Å². The number of hydrogen-bond acceptors (Lipinski definition) is 4. The van der Waals surface area contributed by atoms with Gasteiger partial charge in [-0.25, -0.2) is 4.98 Å². The highest BCUT2D eigenvalue weighted by Gasteiger charge is 2.26. The van der Waals surface area contributed by atoms with Crippen LogP contribution in [0.1, 0.15) is 35.0 Å². The number of carboxylic acid groups (broad SMARTS) is 1. The molecule has 1 aromatic carbocycles. The van der Waals surface area contributed by atoms with Crippen LogP contribution in [0.4, 0.5) is 0 Å². The highest BCUT2D eigenvalue weighted by atomic mass is 32.1. The number of methoxy groups -OCH3 is 1. The molecule has 0 atom stereocenters. The maximum absolute atomic E-state index is 10.9. The highest BCUT2D eigenvalue weighted by molar-refractivity contribution is 7.12. The van der Waals surface area contributed by atoms with Gasteiger partial charge in [-0.2, -0.15) is 0 Å². The van der Waals surface area contributed by atoms with E-state index in [1.807, 2.05) is 25.1 Å². The fourth-order valence-corrected chi connectivity index (χ4v) is 3.54. The van der Waals surface area contributed by atoms with Crippen molar-refractivity contribution in [3.05, 3.63) is 45.4 Å². The summed E-state index contributed by atoms with van der Waals surface area (Å²) in [6.45, 7) is 6.14. The Morgan fingerprint density at radius 3 is 2.77 bits per heavy atom. The highest BCUT2D eigenvalue weighted by Crippen LogP contribution is 2.33. The Labute approximate surface area is 134 Å². The van der Waals surface area contributed by atoms with Crippen molar-refractivity contribution in [2.75, 3.05) is 7.11 Å². The number of carbonyl (C=O) groups is 1. The van der Waals surface area contributed by atoms with Crippen molar-refractivity contribution in [3.8, 4) is 5.75 Å². The molecule has 4 nitrogen and oxygen atoms in total. The zero-order chi connectivity index (χ0) is 16.3. The van der Waals surface area contributed by atoms with Crippen LogP contribution < -0.4 is 4.74 Å². The van der Waals surface area contributed by atoms with E-state index in [1.165, 1.54) is 16.9 Å². The number of aryl methyl sites for hydroxylation is 1. The van der Waals surface area contributed by atoms with Crippen LogP contribution in [0.15, 0.2) is 24.3 Å². The van der Waals surface area contributed by atoms with Crippen LogP contribution in [-0.2, 0) is 23.1 Å². The summed E-state index contributed by atoms with van der Waals surface area (Å²) in [7, 11) is 1.66. The van der Waals surface area contributed by atoms with Crippen molar-refractivity contribution in [3.63, 3.8) is 0 Å². The van der Waals surface area contributed by atoms with E-state index < -0.39 is 5.97 Å². The molecule has 1 N–H and O–H groups in total. The van der Waals surface area contributed by atoms with Crippen LogP contribution in [0.2, 0.25) is 0 Å². The first-order valence-corrected chi connectivity index (χ1v) is 7.95. The number of aliphatic carboxylic acids is 1. The third kappa shape index (κ3) is 3.85. The fraction of sp³-hybridized carbons (Fsp3) is 0.412. The molecule has 0 saturated heterocycles. The molecule has 5 heteroatoms. The van der Waals surface area contributed by atoms with Crippen molar-refractivity contribution in [1.29, 1.82) is 0 Å². The smallest absolute Gasteiger partial charge is 0.308 e. The molecular weight excluding hydrogens is 298 g/mol. The van der Waals surface area contributed by atoms with Gasteiger partial charge in [0.1, 0.15) is 5.75 Å². The van der Waals surface area contributed by atoms with Crippen LogP contribution in [0.25, 0.3) is 0 Å². The third-order valence-corrected chi connectivity index (χ3v) is 5.09. The molecule has 118 valence electrons. The quantitative estimate of drug-likeness (QED) is 0.883. The number of nitrogens with zero attached hydrogens (tertiary/aromatic N) is 1. The van der Waals surface area contributed by atoms with E-state index >= 15 is 0 Å². The predicted molar refractivity (Wildman–Crippen MR) is 87.9 cm³/mol. The lowest BCUT2D eigenvalue weighted by molar-refractivity contribution is -0.136. The first kappa shape index (κ1) is 16.5. The fourth-order valence-electron chi connectivity index (χ4n) is 2.39. The second-order valence-corrected chi connectivity index (χ2v) is 7.09. The van der Waals surface area contributed by atoms with Crippen LogP contribution in [0, 0.1) is 6.92 Å². The zero-order valence-corrected chi connectivity index (χ0v) is 14.2. The Bertz CT molecular complexity index is 676. The van der Waals surface area contributed by atoms with Gasteiger partial charge in [0.15, 0.2) is 0 Å². The van der Waals surface area contributed by atoms with Gasteiger partial charge >= 0.3 is 5.97 Å². The van der Waals surface area contributed by atoms with Gasteiger partial charge in [0.05, 0.1) is 24.2 Å². The molecule has 1 aromatic heterocycles. The molecule has 0 aliphatic carbocycles. The minimum absolute atomic E-state index is 0.0404. The number of ether oxygens (including phenoxy) is 1. The second-order valence-electron chi connectivity index (χ2n) is 6.01. The van der Waals surface area contributed by atoms with Gasteiger partial charge < -0.3 is 9.84 Å². The molecule has 2 rings (SSSR count). The number of benzene rings is 1. The Hall–Kier alpha value is -1.88. The Morgan fingerprint density at radius 1 is 1.41 bits per heavy atom. The topological polar surface area (TPSA) is 59.4 Å². The summed E-state index contributed by atoms with van der Waals surface area (Å²) in [4.78, 5) is 16.3. The predicted octanol–water partition coefficient (Wildman–Crippen LogP) is 3.61. The average Bonchev–Trinajstić information content (AvgIpc) is 2.80. The standard InChI is InChI=1S/C17H21NO3S/c1-11-14(9-15(19)20)22-16(18-11)17(2,3)10-12-6-5-7-13(8-12)21-4/h5-8H,9-10H2,1-4H3,(H,19,20). The van der Waals surface area contributed by atoms with Gasteiger partial charge in [-0.15, -0.1) is 11.3 Å². The van der Waals surface area contributed by atoms with Crippen LogP contribution in [0.3, 0.4) is 0 Å². The maximum Gasteiger partial charge on any atom is 0.308 e. The lowest BCUT2D eigenvalue weighted by Crippen LogP contribution is -2.20. The van der Waals surface area contributed by atoms with Gasteiger partial charge in [-0.05, 0) is 31.0 Å². The molecule has 0 unspecified atom stereocenters. The largest absolute Gasteiger partial charge is 0.497 e. The second kappa shape index (κ2) is 6.48. The van der Waals surface area contributed by atoms with E-state index in [4.69, 9.17) is 9.84 Å². The van der Waals surface area contributed by atoms with Crippen molar-refractivity contribution >= 4 is 17.3 Å². The minimum Gasteiger partial charge on any atom is -0.497 e. The monoisotopic (exact) mass is 319 g/mol. The first-order valence-electron chi connectivity index (χ1n) is 7.13. The Morgan fingerprint density at radius 2 is 2.14 bits per heavy atom. The SMILES string of the molecule is COc1cccc(CC(C)(C)c2nc(C)c(CC(=O)O)s2)c1.